The van der Waals surface area contributed by atoms with Crippen molar-refractivity contribution in [2.75, 3.05) is 16.0 Å². The number of hydrogen-bond acceptors (Lipinski definition) is 7. The van der Waals surface area contributed by atoms with Crippen molar-refractivity contribution in [2.24, 2.45) is 4.99 Å². The lowest BCUT2D eigenvalue weighted by molar-refractivity contribution is -0.387. The van der Waals surface area contributed by atoms with E-state index in [1.807, 2.05) is 105 Å². The summed E-state index contributed by atoms with van der Waals surface area (Å²) < 4.78 is 0. The lowest BCUT2D eigenvalue weighted by atomic mass is 10.1. The highest BCUT2D eigenvalue weighted by molar-refractivity contribution is 8.19. The molecular weight excluding hydrogens is 617 g/mol. The van der Waals surface area contributed by atoms with E-state index in [-0.39, 0.29) is 23.3 Å². The highest BCUT2D eigenvalue weighted by Gasteiger charge is 2.35. The number of anilines is 2. The van der Waals surface area contributed by atoms with Crippen LogP contribution in [0.3, 0.4) is 0 Å². The molecule has 0 bridgehead atoms. The molecule has 5 aromatic rings. The fraction of sp³-hybridized carbons (Fsp3) is 0.0833. The van der Waals surface area contributed by atoms with Crippen LogP contribution >= 0.6 is 23.5 Å². The van der Waals surface area contributed by atoms with Gasteiger partial charge in [0.25, 0.3) is 11.6 Å². The first-order valence-corrected chi connectivity index (χ1v) is 16.2. The van der Waals surface area contributed by atoms with Gasteiger partial charge in [-0.25, -0.2) is 4.99 Å². The standard InChI is InChI=1S/C36H28N4O4S2/c1-23-7-13-28(14-8-23)38-36-39(30-16-9-24(2)10-17-30)35(42)33(46-36)20-25-11-18-32(31(19-25)40(43)44)45-22-34(41)37-29-15-12-26-5-3-4-6-27(26)21-29/h3-21H,22H2,1-2H3,(H,37,41)/b33-20-,38-36?. The predicted molar refractivity (Wildman–Crippen MR) is 189 cm³/mol. The lowest BCUT2D eigenvalue weighted by Crippen LogP contribution is -2.28. The summed E-state index contributed by atoms with van der Waals surface area (Å²) in [6, 6.07) is 33.6. The van der Waals surface area contributed by atoms with Gasteiger partial charge in [0.1, 0.15) is 0 Å². The van der Waals surface area contributed by atoms with Crippen LogP contribution in [0.2, 0.25) is 0 Å². The van der Waals surface area contributed by atoms with Gasteiger partial charge in [0.15, 0.2) is 5.17 Å². The van der Waals surface area contributed by atoms with Crippen LogP contribution in [-0.2, 0) is 9.59 Å². The molecule has 46 heavy (non-hydrogen) atoms. The molecule has 0 aliphatic carbocycles. The fourth-order valence-electron chi connectivity index (χ4n) is 4.85. The molecule has 1 aliphatic rings. The molecule has 0 atom stereocenters. The number of aliphatic imine (C=N–C) groups is 1. The average molecular weight is 645 g/mol. The Bertz CT molecular complexity index is 2040. The summed E-state index contributed by atoms with van der Waals surface area (Å²) in [6.45, 7) is 3.97. The number of nitrogens with zero attached hydrogens (tertiary/aromatic N) is 3. The van der Waals surface area contributed by atoms with Gasteiger partial charge in [-0.1, -0.05) is 71.8 Å². The van der Waals surface area contributed by atoms with Crippen LogP contribution in [0.4, 0.5) is 22.7 Å². The molecule has 1 saturated heterocycles. The number of nitro benzene ring substituents is 1. The van der Waals surface area contributed by atoms with Gasteiger partial charge in [-0.05, 0) is 90.5 Å². The number of nitro groups is 1. The molecule has 1 aliphatic heterocycles. The van der Waals surface area contributed by atoms with Crippen LogP contribution < -0.4 is 10.2 Å². The number of carbonyl (C=O) groups is 2. The second kappa shape index (κ2) is 13.4. The zero-order chi connectivity index (χ0) is 32.2. The highest BCUT2D eigenvalue weighted by Crippen LogP contribution is 2.38. The predicted octanol–water partition coefficient (Wildman–Crippen LogP) is 8.90. The van der Waals surface area contributed by atoms with Crippen molar-refractivity contribution in [1.29, 1.82) is 0 Å². The number of fused-ring (bicyclic) bond motifs is 1. The Morgan fingerprint density at radius 2 is 1.61 bits per heavy atom. The Kier molecular flexibility index (Phi) is 9.00. The molecular formula is C36H28N4O4S2. The maximum atomic E-state index is 13.7. The van der Waals surface area contributed by atoms with Crippen molar-refractivity contribution in [2.45, 2.75) is 18.7 Å². The summed E-state index contributed by atoms with van der Waals surface area (Å²) in [5.41, 5.74) is 4.56. The monoisotopic (exact) mass is 644 g/mol. The molecule has 0 radical (unpaired) electrons. The Morgan fingerprint density at radius 1 is 0.913 bits per heavy atom. The van der Waals surface area contributed by atoms with Gasteiger partial charge in [-0.2, -0.15) is 0 Å². The minimum absolute atomic E-state index is 0.00716. The third kappa shape index (κ3) is 7.03. The first-order valence-electron chi connectivity index (χ1n) is 14.4. The van der Waals surface area contributed by atoms with Crippen LogP contribution in [0, 0.1) is 24.0 Å². The lowest BCUT2D eigenvalue weighted by Gasteiger charge is -2.16. The van der Waals surface area contributed by atoms with Crippen LogP contribution in [0.1, 0.15) is 16.7 Å². The van der Waals surface area contributed by atoms with E-state index in [0.717, 1.165) is 33.7 Å². The van der Waals surface area contributed by atoms with Crippen LogP contribution in [0.25, 0.3) is 16.8 Å². The van der Waals surface area contributed by atoms with E-state index in [0.29, 0.717) is 37.6 Å². The van der Waals surface area contributed by atoms with Crippen LogP contribution in [0.15, 0.2) is 124 Å². The Labute approximate surface area is 274 Å². The van der Waals surface area contributed by atoms with Gasteiger partial charge >= 0.3 is 0 Å². The largest absolute Gasteiger partial charge is 0.325 e. The molecule has 0 spiro atoms. The molecule has 1 N–H and O–H groups in total. The summed E-state index contributed by atoms with van der Waals surface area (Å²) in [5.74, 6) is -0.552. The molecule has 228 valence electrons. The minimum Gasteiger partial charge on any atom is -0.325 e. The number of amides is 2. The van der Waals surface area contributed by atoms with E-state index in [1.54, 1.807) is 23.1 Å². The molecule has 10 heteroatoms. The fourth-order valence-corrected chi connectivity index (χ4v) is 6.65. The van der Waals surface area contributed by atoms with E-state index in [1.165, 1.54) is 17.8 Å². The maximum absolute atomic E-state index is 13.7. The summed E-state index contributed by atoms with van der Waals surface area (Å²) >= 11 is 2.30. The molecule has 0 aromatic heterocycles. The number of aryl methyl sites for hydroxylation is 2. The summed E-state index contributed by atoms with van der Waals surface area (Å²) in [5, 5.41) is 17.5. The summed E-state index contributed by atoms with van der Waals surface area (Å²) in [4.78, 5) is 45.1. The van der Waals surface area contributed by atoms with Crippen molar-refractivity contribution >= 4 is 80.1 Å². The highest BCUT2D eigenvalue weighted by atomic mass is 32.2. The first-order chi connectivity index (χ1) is 22.2. The van der Waals surface area contributed by atoms with Crippen molar-refractivity contribution in [1.82, 2.24) is 0 Å². The zero-order valence-electron chi connectivity index (χ0n) is 25.0. The van der Waals surface area contributed by atoms with E-state index in [4.69, 9.17) is 4.99 Å². The topological polar surface area (TPSA) is 105 Å². The van der Waals surface area contributed by atoms with Gasteiger partial charge in [-0.3, -0.25) is 24.6 Å². The first kappa shape index (κ1) is 30.8. The second-order valence-corrected chi connectivity index (χ2v) is 12.7. The molecule has 0 unspecified atom stereocenters. The minimum atomic E-state index is -0.474. The third-order valence-electron chi connectivity index (χ3n) is 7.23. The van der Waals surface area contributed by atoms with E-state index < -0.39 is 4.92 Å². The molecule has 8 nitrogen and oxygen atoms in total. The Morgan fingerprint density at radius 3 is 2.33 bits per heavy atom. The number of benzene rings is 5. The van der Waals surface area contributed by atoms with E-state index in [2.05, 4.69) is 5.32 Å². The van der Waals surface area contributed by atoms with Crippen LogP contribution in [0.5, 0.6) is 0 Å². The van der Waals surface area contributed by atoms with Gasteiger partial charge < -0.3 is 5.32 Å². The van der Waals surface area contributed by atoms with Crippen molar-refractivity contribution in [3.63, 3.8) is 0 Å². The number of rotatable bonds is 8. The molecule has 5 aromatic carbocycles. The summed E-state index contributed by atoms with van der Waals surface area (Å²) in [7, 11) is 0. The smallest absolute Gasteiger partial charge is 0.283 e. The van der Waals surface area contributed by atoms with Gasteiger partial charge in [0, 0.05) is 11.8 Å². The van der Waals surface area contributed by atoms with Crippen LogP contribution in [-0.4, -0.2) is 27.7 Å². The quantitative estimate of drug-likeness (QED) is 0.0783. The number of hydrogen-bond donors (Lipinski definition) is 1. The van der Waals surface area contributed by atoms with E-state index >= 15 is 0 Å². The normalized spacial score (nSPS) is 14.7. The number of carbonyl (C=O) groups excluding carboxylic acids is 2. The number of thioether (sulfide) groups is 2. The SMILES string of the molecule is Cc1ccc(N=C2S/C(=C\c3ccc(SCC(=O)Nc4ccc5ccccc5c4)c([N+](=O)[O-])c3)C(=O)N2c2ccc(C)cc2)cc1. The molecule has 2 amide bonds. The Balaban J connectivity index is 1.22. The molecule has 6 rings (SSSR count). The number of amidine groups is 1. The second-order valence-electron chi connectivity index (χ2n) is 10.7. The molecule has 0 saturated carbocycles. The van der Waals surface area contributed by atoms with Crippen molar-refractivity contribution < 1.29 is 14.5 Å². The number of nitrogens with one attached hydrogen (secondary N) is 1. The molecule has 1 fully saturated rings. The summed E-state index contributed by atoms with van der Waals surface area (Å²) in [6.07, 6.45) is 1.64. The van der Waals surface area contributed by atoms with Crippen molar-refractivity contribution in [3.8, 4) is 0 Å². The van der Waals surface area contributed by atoms with Crippen molar-refractivity contribution in [3.05, 3.63) is 141 Å². The van der Waals surface area contributed by atoms with Gasteiger partial charge in [0.2, 0.25) is 5.91 Å². The van der Waals surface area contributed by atoms with E-state index in [9.17, 15) is 19.7 Å². The van der Waals surface area contributed by atoms with Gasteiger partial charge in [-0.15, -0.1) is 11.8 Å². The van der Waals surface area contributed by atoms with Gasteiger partial charge in [0.05, 0.1) is 31.9 Å². The average Bonchev–Trinajstić information content (AvgIpc) is 3.35. The molecule has 1 heterocycles. The third-order valence-corrected chi connectivity index (χ3v) is 9.26. The zero-order valence-corrected chi connectivity index (χ0v) is 26.6. The maximum Gasteiger partial charge on any atom is 0.283 e. The Hall–Kier alpha value is -5.19.